The van der Waals surface area contributed by atoms with Crippen LogP contribution in [-0.4, -0.2) is 41.6 Å². The molecule has 0 saturated carbocycles. The van der Waals surface area contributed by atoms with Gasteiger partial charge in [-0.15, -0.1) is 10.2 Å². The van der Waals surface area contributed by atoms with Gasteiger partial charge in [-0.1, -0.05) is 42.1 Å². The number of aryl methyl sites for hydroxylation is 1. The van der Waals surface area contributed by atoms with Crippen molar-refractivity contribution in [2.45, 2.75) is 24.9 Å². The summed E-state index contributed by atoms with van der Waals surface area (Å²) < 4.78 is 5.69. The van der Waals surface area contributed by atoms with E-state index in [1.165, 1.54) is 22.9 Å². The number of ether oxygens (including phenoxy) is 1. The maximum atomic E-state index is 12.9. The highest BCUT2D eigenvalue weighted by atomic mass is 32.2. The number of anilines is 2. The van der Waals surface area contributed by atoms with Crippen molar-refractivity contribution in [3.05, 3.63) is 71.3 Å². The van der Waals surface area contributed by atoms with E-state index in [0.29, 0.717) is 18.9 Å². The van der Waals surface area contributed by atoms with Crippen LogP contribution in [-0.2, 0) is 17.8 Å². The molecular weight excluding hydrogens is 408 g/mol. The van der Waals surface area contributed by atoms with Crippen LogP contribution < -0.4 is 14.5 Å². The molecule has 6 nitrogen and oxygen atoms in total. The van der Waals surface area contributed by atoms with Crippen molar-refractivity contribution >= 4 is 29.2 Å². The minimum absolute atomic E-state index is 0.0543. The lowest BCUT2D eigenvalue weighted by Gasteiger charge is -2.30. The number of nitrogens with zero attached hydrogens (tertiary/aromatic N) is 4. The molecule has 2 aliphatic heterocycles. The van der Waals surface area contributed by atoms with E-state index >= 15 is 0 Å². The van der Waals surface area contributed by atoms with Crippen molar-refractivity contribution in [2.75, 3.05) is 35.2 Å². The standard InChI is InChI=1S/C24H24N4O2S/c1-17-6-7-21-20(14-17)28(12-13-30-21)24(29)16-31-23-9-8-22(25-26-23)27-11-10-18-4-2-3-5-19(18)15-27/h2-9,14H,10-13,15-16H2,1H3. The van der Waals surface area contributed by atoms with Gasteiger partial charge in [0.25, 0.3) is 0 Å². The molecule has 2 aliphatic rings. The number of benzene rings is 2. The topological polar surface area (TPSA) is 58.6 Å². The number of carbonyl (C=O) groups excluding carboxylic acids is 1. The first-order chi connectivity index (χ1) is 15.2. The lowest BCUT2D eigenvalue weighted by Crippen LogP contribution is -2.39. The molecule has 5 rings (SSSR count). The summed E-state index contributed by atoms with van der Waals surface area (Å²) in [5.41, 5.74) is 4.72. The Kier molecular flexibility index (Phi) is 5.51. The molecule has 0 aliphatic carbocycles. The van der Waals surface area contributed by atoms with Crippen molar-refractivity contribution in [1.29, 1.82) is 0 Å². The van der Waals surface area contributed by atoms with Gasteiger partial charge in [-0.05, 0) is 54.3 Å². The first kappa shape index (κ1) is 19.9. The Balaban J connectivity index is 1.21. The van der Waals surface area contributed by atoms with E-state index in [9.17, 15) is 4.79 Å². The Labute approximate surface area is 186 Å². The van der Waals surface area contributed by atoms with E-state index in [-0.39, 0.29) is 5.91 Å². The number of fused-ring (bicyclic) bond motifs is 2. The molecule has 0 bridgehead atoms. The minimum atomic E-state index is 0.0543. The van der Waals surface area contributed by atoms with Crippen molar-refractivity contribution in [3.63, 3.8) is 0 Å². The van der Waals surface area contributed by atoms with Gasteiger partial charge in [-0.25, -0.2) is 0 Å². The number of aromatic nitrogens is 2. The molecule has 0 spiro atoms. The Morgan fingerprint density at radius 2 is 1.94 bits per heavy atom. The zero-order valence-electron chi connectivity index (χ0n) is 17.5. The fraction of sp³-hybridized carbons (Fsp3) is 0.292. The monoisotopic (exact) mass is 432 g/mol. The lowest BCUT2D eigenvalue weighted by atomic mass is 10.00. The molecule has 3 heterocycles. The van der Waals surface area contributed by atoms with E-state index in [4.69, 9.17) is 4.74 Å². The summed E-state index contributed by atoms with van der Waals surface area (Å²) in [6.45, 7) is 4.89. The summed E-state index contributed by atoms with van der Waals surface area (Å²) in [5, 5.41) is 9.54. The highest BCUT2D eigenvalue weighted by molar-refractivity contribution is 7.99. The van der Waals surface area contributed by atoms with Crippen LogP contribution in [0.25, 0.3) is 0 Å². The highest BCUT2D eigenvalue weighted by Crippen LogP contribution is 2.33. The number of hydrogen-bond acceptors (Lipinski definition) is 6. The molecule has 0 fully saturated rings. The Morgan fingerprint density at radius 1 is 1.06 bits per heavy atom. The predicted molar refractivity (Wildman–Crippen MR) is 123 cm³/mol. The normalized spacial score (nSPS) is 15.1. The fourth-order valence-corrected chi connectivity index (χ4v) is 4.74. The molecule has 31 heavy (non-hydrogen) atoms. The Morgan fingerprint density at radius 3 is 2.77 bits per heavy atom. The van der Waals surface area contributed by atoms with E-state index in [2.05, 4.69) is 39.4 Å². The van der Waals surface area contributed by atoms with Gasteiger partial charge in [0.1, 0.15) is 17.4 Å². The van der Waals surface area contributed by atoms with Gasteiger partial charge < -0.3 is 14.5 Å². The molecule has 0 radical (unpaired) electrons. The zero-order chi connectivity index (χ0) is 21.2. The highest BCUT2D eigenvalue weighted by Gasteiger charge is 2.24. The van der Waals surface area contributed by atoms with Gasteiger partial charge in [-0.2, -0.15) is 0 Å². The van der Waals surface area contributed by atoms with Crippen molar-refractivity contribution < 1.29 is 9.53 Å². The molecule has 1 amide bonds. The summed E-state index contributed by atoms with van der Waals surface area (Å²) in [5.74, 6) is 2.02. The third kappa shape index (κ3) is 4.23. The van der Waals surface area contributed by atoms with Crippen molar-refractivity contribution in [1.82, 2.24) is 10.2 Å². The van der Waals surface area contributed by atoms with Gasteiger partial charge in [-0.3, -0.25) is 4.79 Å². The van der Waals surface area contributed by atoms with Crippen LogP contribution in [0.4, 0.5) is 11.5 Å². The van der Waals surface area contributed by atoms with Crippen LogP contribution in [0.15, 0.2) is 59.6 Å². The molecule has 3 aromatic rings. The summed E-state index contributed by atoms with van der Waals surface area (Å²) >= 11 is 1.42. The smallest absolute Gasteiger partial charge is 0.237 e. The fourth-order valence-electron chi connectivity index (χ4n) is 4.05. The zero-order valence-corrected chi connectivity index (χ0v) is 18.3. The minimum Gasteiger partial charge on any atom is -0.490 e. The molecule has 0 unspecified atom stereocenters. The molecule has 0 atom stereocenters. The molecule has 0 N–H and O–H groups in total. The van der Waals surface area contributed by atoms with Crippen molar-refractivity contribution in [3.8, 4) is 5.75 Å². The second-order valence-electron chi connectivity index (χ2n) is 7.82. The van der Waals surface area contributed by atoms with Gasteiger partial charge in [0.15, 0.2) is 5.82 Å². The Hall–Kier alpha value is -3.06. The number of hydrogen-bond donors (Lipinski definition) is 0. The van der Waals surface area contributed by atoms with Crippen LogP contribution in [0, 0.1) is 6.92 Å². The quantitative estimate of drug-likeness (QED) is 0.584. The first-order valence-electron chi connectivity index (χ1n) is 10.5. The van der Waals surface area contributed by atoms with Gasteiger partial charge in [0.05, 0.1) is 18.0 Å². The molecule has 158 valence electrons. The van der Waals surface area contributed by atoms with E-state index in [1.807, 2.05) is 42.2 Å². The van der Waals surface area contributed by atoms with Gasteiger partial charge in [0.2, 0.25) is 5.91 Å². The average molecular weight is 433 g/mol. The third-order valence-electron chi connectivity index (χ3n) is 5.70. The maximum absolute atomic E-state index is 12.9. The summed E-state index contributed by atoms with van der Waals surface area (Å²) in [7, 11) is 0. The number of carbonyl (C=O) groups is 1. The molecule has 2 aromatic carbocycles. The summed E-state index contributed by atoms with van der Waals surface area (Å²) in [6, 6.07) is 18.4. The summed E-state index contributed by atoms with van der Waals surface area (Å²) in [4.78, 5) is 16.9. The predicted octanol–water partition coefficient (Wildman–Crippen LogP) is 3.87. The Bertz CT molecular complexity index is 1100. The molecule has 1 aromatic heterocycles. The lowest BCUT2D eigenvalue weighted by molar-refractivity contribution is -0.116. The van der Waals surface area contributed by atoms with E-state index in [0.717, 1.165) is 47.4 Å². The largest absolute Gasteiger partial charge is 0.490 e. The second-order valence-corrected chi connectivity index (χ2v) is 8.82. The second kappa shape index (κ2) is 8.59. The van der Waals surface area contributed by atoms with Gasteiger partial charge >= 0.3 is 0 Å². The summed E-state index contributed by atoms with van der Waals surface area (Å²) in [6.07, 6.45) is 1.02. The molecule has 7 heteroatoms. The van der Waals surface area contributed by atoms with Gasteiger partial charge in [0, 0.05) is 13.1 Å². The van der Waals surface area contributed by atoms with E-state index < -0.39 is 0 Å². The van der Waals surface area contributed by atoms with Crippen LogP contribution in [0.2, 0.25) is 0 Å². The molecular formula is C24H24N4O2S. The number of rotatable bonds is 4. The number of amides is 1. The van der Waals surface area contributed by atoms with Crippen LogP contribution in [0.3, 0.4) is 0 Å². The van der Waals surface area contributed by atoms with Crippen LogP contribution in [0.5, 0.6) is 5.75 Å². The molecule has 0 saturated heterocycles. The van der Waals surface area contributed by atoms with Crippen LogP contribution in [0.1, 0.15) is 16.7 Å². The average Bonchev–Trinajstić information content (AvgIpc) is 2.82. The SMILES string of the molecule is Cc1ccc2c(c1)N(C(=O)CSc1ccc(N3CCc4ccccc4C3)nn1)CCO2. The first-order valence-corrected chi connectivity index (χ1v) is 11.5. The number of thioether (sulfide) groups is 1. The third-order valence-corrected chi connectivity index (χ3v) is 6.61. The maximum Gasteiger partial charge on any atom is 0.237 e. The van der Waals surface area contributed by atoms with Crippen LogP contribution >= 0.6 is 11.8 Å². The van der Waals surface area contributed by atoms with E-state index in [1.54, 1.807) is 0 Å². The van der Waals surface area contributed by atoms with Crippen molar-refractivity contribution in [2.24, 2.45) is 0 Å².